The highest BCUT2D eigenvalue weighted by Gasteiger charge is 2.32. The van der Waals surface area contributed by atoms with E-state index in [4.69, 9.17) is 0 Å². The maximum atomic E-state index is 13.0. The Bertz CT molecular complexity index is 1170. The third kappa shape index (κ3) is 4.66. The van der Waals surface area contributed by atoms with Crippen LogP contribution in [-0.4, -0.2) is 76.5 Å². The number of aromatic nitrogens is 5. The first-order chi connectivity index (χ1) is 15.4. The zero-order chi connectivity index (χ0) is 22.7. The molecule has 1 aliphatic rings. The molecule has 3 aromatic rings. The number of aromatic amines is 1. The number of sulfonamides is 1. The van der Waals surface area contributed by atoms with Gasteiger partial charge in [0, 0.05) is 18.9 Å². The predicted molar refractivity (Wildman–Crippen MR) is 123 cm³/mol. The van der Waals surface area contributed by atoms with Gasteiger partial charge < -0.3 is 20.7 Å². The van der Waals surface area contributed by atoms with E-state index >= 15 is 0 Å². The third-order valence-electron chi connectivity index (χ3n) is 5.52. The van der Waals surface area contributed by atoms with Gasteiger partial charge in [-0.15, -0.1) is 0 Å². The molecule has 4 heterocycles. The van der Waals surface area contributed by atoms with Gasteiger partial charge in [0.25, 0.3) is 0 Å². The number of hydrogen-bond donors (Lipinski definition) is 4. The van der Waals surface area contributed by atoms with Crippen molar-refractivity contribution in [1.29, 1.82) is 0 Å². The normalized spacial score (nSPS) is 17.9. The van der Waals surface area contributed by atoms with Crippen LogP contribution < -0.4 is 14.9 Å². The van der Waals surface area contributed by atoms with Crippen molar-refractivity contribution in [2.24, 2.45) is 0 Å². The molecule has 0 radical (unpaired) electrons. The molecule has 1 fully saturated rings. The number of fused-ring (bicyclic) bond motifs is 1. The summed E-state index contributed by atoms with van der Waals surface area (Å²) in [5.74, 6) is 0.494. The van der Waals surface area contributed by atoms with Crippen molar-refractivity contribution in [1.82, 2.24) is 30.2 Å². The minimum Gasteiger partial charge on any atom is -0.394 e. The number of nitrogens with one attached hydrogen (secondary N) is 3. The van der Waals surface area contributed by atoms with Crippen molar-refractivity contribution in [3.05, 3.63) is 24.7 Å². The number of rotatable bonds is 8. The SMILES string of the molecule is CC[C@@H](CO)Nc1ncc(-c2cnc3[nH]ccc3n2)c(N([C@H]2CCCNC2)S(C)(=O)=O)n1. The molecule has 0 aliphatic carbocycles. The van der Waals surface area contributed by atoms with Crippen LogP contribution in [0, 0.1) is 0 Å². The van der Waals surface area contributed by atoms with Gasteiger partial charge in [-0.1, -0.05) is 6.92 Å². The zero-order valence-corrected chi connectivity index (χ0v) is 18.9. The number of aliphatic hydroxyl groups is 1. The highest BCUT2D eigenvalue weighted by atomic mass is 32.2. The van der Waals surface area contributed by atoms with Crippen LogP contribution in [0.3, 0.4) is 0 Å². The first-order valence-corrected chi connectivity index (χ1v) is 12.5. The Hall–Kier alpha value is -2.83. The lowest BCUT2D eigenvalue weighted by atomic mass is 10.1. The topological polar surface area (TPSA) is 149 Å². The van der Waals surface area contributed by atoms with Gasteiger partial charge in [-0.05, 0) is 31.9 Å². The van der Waals surface area contributed by atoms with Crippen molar-refractivity contribution in [3.63, 3.8) is 0 Å². The largest absolute Gasteiger partial charge is 0.394 e. The molecule has 4 rings (SSSR count). The van der Waals surface area contributed by atoms with E-state index in [1.807, 2.05) is 6.92 Å². The molecule has 3 aromatic heterocycles. The highest BCUT2D eigenvalue weighted by Crippen LogP contribution is 2.33. The molecule has 0 aromatic carbocycles. The van der Waals surface area contributed by atoms with E-state index in [1.165, 1.54) is 10.6 Å². The average molecular weight is 461 g/mol. The van der Waals surface area contributed by atoms with Crippen molar-refractivity contribution in [2.45, 2.75) is 38.3 Å². The van der Waals surface area contributed by atoms with Crippen molar-refractivity contribution in [2.75, 3.05) is 35.6 Å². The summed E-state index contributed by atoms with van der Waals surface area (Å²) < 4.78 is 27.3. The molecule has 0 saturated carbocycles. The Morgan fingerprint density at radius 2 is 2.16 bits per heavy atom. The highest BCUT2D eigenvalue weighted by molar-refractivity contribution is 7.92. The lowest BCUT2D eigenvalue weighted by Gasteiger charge is -2.34. The quantitative estimate of drug-likeness (QED) is 0.388. The molecule has 32 heavy (non-hydrogen) atoms. The summed E-state index contributed by atoms with van der Waals surface area (Å²) in [4.78, 5) is 21.0. The fraction of sp³-hybridized carbons (Fsp3) is 0.500. The molecule has 1 saturated heterocycles. The zero-order valence-electron chi connectivity index (χ0n) is 18.1. The Kier molecular flexibility index (Phi) is 6.53. The summed E-state index contributed by atoms with van der Waals surface area (Å²) in [7, 11) is -3.66. The maximum Gasteiger partial charge on any atom is 0.233 e. The van der Waals surface area contributed by atoms with Crippen molar-refractivity contribution < 1.29 is 13.5 Å². The van der Waals surface area contributed by atoms with Crippen LogP contribution in [0.15, 0.2) is 24.7 Å². The van der Waals surface area contributed by atoms with E-state index < -0.39 is 10.0 Å². The van der Waals surface area contributed by atoms with Crippen molar-refractivity contribution in [3.8, 4) is 11.3 Å². The minimum atomic E-state index is -3.66. The summed E-state index contributed by atoms with van der Waals surface area (Å²) in [5.41, 5.74) is 2.25. The Morgan fingerprint density at radius 3 is 2.84 bits per heavy atom. The van der Waals surface area contributed by atoms with E-state index in [0.29, 0.717) is 41.8 Å². The number of nitrogens with zero attached hydrogens (tertiary/aromatic N) is 5. The molecule has 0 unspecified atom stereocenters. The molecule has 172 valence electrons. The number of anilines is 2. The van der Waals surface area contributed by atoms with Crippen LogP contribution in [0.5, 0.6) is 0 Å². The smallest absolute Gasteiger partial charge is 0.233 e. The third-order valence-corrected chi connectivity index (χ3v) is 6.71. The fourth-order valence-corrected chi connectivity index (χ4v) is 5.02. The number of H-pyrrole nitrogens is 1. The minimum absolute atomic E-state index is 0.0884. The van der Waals surface area contributed by atoms with E-state index in [1.54, 1.807) is 24.7 Å². The molecule has 0 amide bonds. The van der Waals surface area contributed by atoms with Gasteiger partial charge in [-0.3, -0.25) is 0 Å². The molecule has 1 aliphatic heterocycles. The molecule has 0 bridgehead atoms. The van der Waals surface area contributed by atoms with Crippen LogP contribution in [0.4, 0.5) is 11.8 Å². The van der Waals surface area contributed by atoms with Crippen LogP contribution in [-0.2, 0) is 10.0 Å². The number of aliphatic hydroxyl groups excluding tert-OH is 1. The second-order valence-corrected chi connectivity index (χ2v) is 9.75. The van der Waals surface area contributed by atoms with Gasteiger partial charge in [0.2, 0.25) is 16.0 Å². The van der Waals surface area contributed by atoms with E-state index in [0.717, 1.165) is 13.0 Å². The summed E-state index contributed by atoms with van der Waals surface area (Å²) in [6.45, 7) is 3.22. The molecular formula is C20H28N8O3S. The van der Waals surface area contributed by atoms with Crippen LogP contribution in [0.1, 0.15) is 26.2 Å². The Morgan fingerprint density at radius 1 is 1.31 bits per heavy atom. The van der Waals surface area contributed by atoms with Gasteiger partial charge in [0.1, 0.15) is 5.52 Å². The molecule has 12 heteroatoms. The van der Waals surface area contributed by atoms with Crippen LogP contribution >= 0.6 is 0 Å². The monoisotopic (exact) mass is 460 g/mol. The first-order valence-electron chi connectivity index (χ1n) is 10.7. The van der Waals surface area contributed by atoms with Crippen molar-refractivity contribution >= 4 is 33.0 Å². The lowest BCUT2D eigenvalue weighted by molar-refractivity contribution is 0.271. The second-order valence-electron chi connectivity index (χ2n) is 7.89. The summed E-state index contributed by atoms with van der Waals surface area (Å²) in [5, 5.41) is 15.9. The van der Waals surface area contributed by atoms with Gasteiger partial charge in [-0.25, -0.2) is 27.7 Å². The molecule has 11 nitrogen and oxygen atoms in total. The van der Waals surface area contributed by atoms with Crippen LogP contribution in [0.25, 0.3) is 22.4 Å². The molecule has 2 atom stereocenters. The van der Waals surface area contributed by atoms with Gasteiger partial charge in [0.15, 0.2) is 11.5 Å². The van der Waals surface area contributed by atoms with E-state index in [9.17, 15) is 13.5 Å². The fourth-order valence-electron chi connectivity index (χ4n) is 3.84. The second kappa shape index (κ2) is 9.35. The van der Waals surface area contributed by atoms with E-state index in [2.05, 4.69) is 35.6 Å². The maximum absolute atomic E-state index is 13.0. The number of hydrogen-bond acceptors (Lipinski definition) is 9. The Balaban J connectivity index is 1.86. The Labute approximate surface area is 186 Å². The molecule has 4 N–H and O–H groups in total. The number of piperidine rings is 1. The lowest BCUT2D eigenvalue weighted by Crippen LogP contribution is -2.49. The standard InChI is InChI=1S/C20H28N8O3S/c1-3-13(12-29)25-20-24-10-15(17-11-23-18-16(26-17)6-8-22-18)19(27-20)28(32(2,30)31)14-5-4-7-21-9-14/h6,8,10-11,13-14,21,29H,3-5,7,9,12H2,1-2H3,(H,22,23)(H,24,25,27)/t13-,14-/m0/s1. The summed E-state index contributed by atoms with van der Waals surface area (Å²) in [6.07, 6.45) is 8.30. The van der Waals surface area contributed by atoms with Gasteiger partial charge in [0.05, 0.1) is 42.4 Å². The summed E-state index contributed by atoms with van der Waals surface area (Å²) >= 11 is 0. The summed E-state index contributed by atoms with van der Waals surface area (Å²) in [6, 6.07) is 1.27. The molecule has 0 spiro atoms. The van der Waals surface area contributed by atoms with Gasteiger partial charge in [-0.2, -0.15) is 4.98 Å². The molecular weight excluding hydrogens is 432 g/mol. The van der Waals surface area contributed by atoms with Gasteiger partial charge >= 0.3 is 0 Å². The average Bonchev–Trinajstić information content (AvgIpc) is 3.25. The predicted octanol–water partition coefficient (Wildman–Crippen LogP) is 1.12. The van der Waals surface area contributed by atoms with E-state index in [-0.39, 0.29) is 30.5 Å². The van der Waals surface area contributed by atoms with Crippen LogP contribution in [0.2, 0.25) is 0 Å². The first kappa shape index (κ1) is 22.4.